The number of likely N-dealkylation sites (N-methyl/N-ethyl adjacent to an activating group) is 2. The summed E-state index contributed by atoms with van der Waals surface area (Å²) in [6, 6.07) is 16.7. The summed E-state index contributed by atoms with van der Waals surface area (Å²) in [7, 11) is 1.69. The number of benzene rings is 2. The fraction of sp³-hybridized carbons (Fsp3) is 0.367. The van der Waals surface area contributed by atoms with E-state index in [2.05, 4.69) is 22.8 Å². The van der Waals surface area contributed by atoms with Gasteiger partial charge in [0.2, 0.25) is 11.8 Å². The molecule has 2 N–H and O–H groups in total. The number of carbonyl (C=O) groups excluding carboxylic acids is 2. The summed E-state index contributed by atoms with van der Waals surface area (Å²) in [6.45, 7) is 4.11. The van der Waals surface area contributed by atoms with Crippen molar-refractivity contribution in [1.82, 2.24) is 14.8 Å². The largest absolute Gasteiger partial charge is 0.334 e. The van der Waals surface area contributed by atoms with Crippen molar-refractivity contribution < 1.29 is 14.0 Å². The maximum absolute atomic E-state index is 13.8. The zero-order valence-electron chi connectivity index (χ0n) is 22.2. The highest BCUT2D eigenvalue weighted by Gasteiger charge is 2.29. The molecule has 200 valence electrons. The van der Waals surface area contributed by atoms with Gasteiger partial charge in [-0.3, -0.25) is 19.0 Å². The highest BCUT2D eigenvalue weighted by molar-refractivity contribution is 5.94. The van der Waals surface area contributed by atoms with E-state index in [0.717, 1.165) is 24.8 Å². The molecule has 1 aliphatic rings. The minimum Gasteiger partial charge on any atom is -0.334 e. The van der Waals surface area contributed by atoms with Crippen molar-refractivity contribution in [1.29, 1.82) is 0 Å². The second-order valence-electron chi connectivity index (χ2n) is 9.56. The summed E-state index contributed by atoms with van der Waals surface area (Å²) < 4.78 is 15.0. The van der Waals surface area contributed by atoms with Crippen LogP contribution in [0.2, 0.25) is 0 Å². The predicted molar refractivity (Wildman–Crippen MR) is 147 cm³/mol. The molecule has 1 unspecified atom stereocenters. The van der Waals surface area contributed by atoms with Crippen molar-refractivity contribution >= 4 is 17.5 Å². The quantitative estimate of drug-likeness (QED) is 0.437. The smallest absolute Gasteiger partial charge is 0.275 e. The van der Waals surface area contributed by atoms with Crippen LogP contribution < -0.4 is 16.2 Å². The van der Waals surface area contributed by atoms with Crippen LogP contribution in [0.3, 0.4) is 0 Å². The Labute approximate surface area is 222 Å². The van der Waals surface area contributed by atoms with E-state index >= 15 is 0 Å². The third kappa shape index (κ3) is 5.70. The standard InChI is InChI=1S/C30H35FN4O3/c1-4-24(32-3)29(37)33-25-17-18-26(21-13-15-22(31)16-14-21)35(30(25)38)19-28(36)34(5-2)27-12-8-10-20-9-6-7-11-23(20)27/h6-7,9,11,13-18,24,27,32H,4-5,8,10,12,19H2,1-3H3,(H,33,37)/t24-,27?/m0/s1. The van der Waals surface area contributed by atoms with E-state index in [1.54, 1.807) is 25.2 Å². The number of fused-ring (bicyclic) bond motifs is 1. The number of amides is 2. The Morgan fingerprint density at radius 3 is 2.50 bits per heavy atom. The minimum atomic E-state index is -0.487. The molecule has 0 aliphatic heterocycles. The molecule has 2 aromatic carbocycles. The van der Waals surface area contributed by atoms with E-state index in [1.807, 2.05) is 30.9 Å². The van der Waals surface area contributed by atoms with Gasteiger partial charge in [0.15, 0.2) is 0 Å². The molecule has 2 atom stereocenters. The number of nitrogens with zero attached hydrogens (tertiary/aromatic N) is 2. The number of aryl methyl sites for hydroxylation is 1. The number of nitrogens with one attached hydrogen (secondary N) is 2. The predicted octanol–water partition coefficient (Wildman–Crippen LogP) is 4.52. The number of aromatic nitrogens is 1. The van der Waals surface area contributed by atoms with Crippen LogP contribution in [-0.4, -0.2) is 40.9 Å². The van der Waals surface area contributed by atoms with Crippen molar-refractivity contribution in [2.45, 2.75) is 58.2 Å². The zero-order chi connectivity index (χ0) is 27.2. The van der Waals surface area contributed by atoms with E-state index in [4.69, 9.17) is 0 Å². The second kappa shape index (κ2) is 12.2. The fourth-order valence-electron chi connectivity index (χ4n) is 5.29. The Balaban J connectivity index is 1.72. The first-order chi connectivity index (χ1) is 18.4. The molecule has 0 fully saturated rings. The monoisotopic (exact) mass is 518 g/mol. The van der Waals surface area contributed by atoms with Crippen LogP contribution in [0.15, 0.2) is 65.5 Å². The van der Waals surface area contributed by atoms with Gasteiger partial charge in [0.25, 0.3) is 5.56 Å². The first kappa shape index (κ1) is 27.3. The molecule has 7 nitrogen and oxygen atoms in total. The summed E-state index contributed by atoms with van der Waals surface area (Å²) in [5, 5.41) is 5.64. The van der Waals surface area contributed by atoms with Gasteiger partial charge in [-0.1, -0.05) is 31.2 Å². The van der Waals surface area contributed by atoms with Gasteiger partial charge in [-0.15, -0.1) is 0 Å². The van der Waals surface area contributed by atoms with Crippen molar-refractivity contribution in [3.05, 3.63) is 88.0 Å². The van der Waals surface area contributed by atoms with Gasteiger partial charge in [0.05, 0.1) is 17.8 Å². The van der Waals surface area contributed by atoms with E-state index in [9.17, 15) is 18.8 Å². The lowest BCUT2D eigenvalue weighted by molar-refractivity contribution is -0.134. The van der Waals surface area contributed by atoms with Crippen molar-refractivity contribution in [3.8, 4) is 11.3 Å². The Bertz CT molecular complexity index is 1350. The minimum absolute atomic E-state index is 0.0637. The first-order valence-electron chi connectivity index (χ1n) is 13.2. The van der Waals surface area contributed by atoms with Crippen LogP contribution in [0.4, 0.5) is 10.1 Å². The van der Waals surface area contributed by atoms with Crippen LogP contribution in [0, 0.1) is 5.82 Å². The molecule has 3 aromatic rings. The number of carbonyl (C=O) groups is 2. The molecule has 0 spiro atoms. The molecule has 1 heterocycles. The first-order valence-corrected chi connectivity index (χ1v) is 13.2. The number of hydrogen-bond acceptors (Lipinski definition) is 4. The number of rotatable bonds is 9. The van der Waals surface area contributed by atoms with Gasteiger partial charge < -0.3 is 15.5 Å². The lowest BCUT2D eigenvalue weighted by atomic mass is 9.86. The molecular formula is C30H35FN4O3. The Morgan fingerprint density at radius 1 is 1.08 bits per heavy atom. The van der Waals surface area contributed by atoms with Crippen LogP contribution in [0.5, 0.6) is 0 Å². The van der Waals surface area contributed by atoms with Crippen LogP contribution in [0.1, 0.15) is 50.3 Å². The molecule has 0 saturated carbocycles. The summed E-state index contributed by atoms with van der Waals surface area (Å²) in [6.07, 6.45) is 3.38. The van der Waals surface area contributed by atoms with Gasteiger partial charge in [-0.2, -0.15) is 0 Å². The highest BCUT2D eigenvalue weighted by Crippen LogP contribution is 2.34. The van der Waals surface area contributed by atoms with Crippen LogP contribution >= 0.6 is 0 Å². The van der Waals surface area contributed by atoms with Gasteiger partial charge in [-0.05, 0) is 92.7 Å². The topological polar surface area (TPSA) is 83.4 Å². The van der Waals surface area contributed by atoms with Crippen LogP contribution in [-0.2, 0) is 22.6 Å². The van der Waals surface area contributed by atoms with Crippen molar-refractivity contribution in [2.75, 3.05) is 18.9 Å². The van der Waals surface area contributed by atoms with E-state index in [0.29, 0.717) is 24.2 Å². The maximum Gasteiger partial charge on any atom is 0.275 e. The number of hydrogen-bond donors (Lipinski definition) is 2. The number of pyridine rings is 1. The third-order valence-electron chi connectivity index (χ3n) is 7.31. The maximum atomic E-state index is 13.8. The summed E-state index contributed by atoms with van der Waals surface area (Å²) in [5.74, 6) is -0.910. The molecule has 2 amide bonds. The Hall–Kier alpha value is -3.78. The van der Waals surface area contributed by atoms with E-state index < -0.39 is 17.4 Å². The van der Waals surface area contributed by atoms with Crippen molar-refractivity contribution in [3.63, 3.8) is 0 Å². The molecule has 4 rings (SSSR count). The zero-order valence-corrected chi connectivity index (χ0v) is 22.2. The normalized spacial score (nSPS) is 15.4. The molecule has 1 aromatic heterocycles. The molecule has 1 aliphatic carbocycles. The van der Waals surface area contributed by atoms with Gasteiger partial charge in [-0.25, -0.2) is 4.39 Å². The Morgan fingerprint density at radius 2 is 1.82 bits per heavy atom. The average molecular weight is 519 g/mol. The van der Waals surface area contributed by atoms with Gasteiger partial charge in [0.1, 0.15) is 18.0 Å². The van der Waals surface area contributed by atoms with Gasteiger partial charge >= 0.3 is 0 Å². The molecular weight excluding hydrogens is 483 g/mol. The van der Waals surface area contributed by atoms with E-state index in [1.165, 1.54) is 28.3 Å². The molecule has 0 bridgehead atoms. The van der Waals surface area contributed by atoms with Crippen molar-refractivity contribution in [2.24, 2.45) is 0 Å². The SMILES string of the molecule is CC[C@H](NC)C(=O)Nc1ccc(-c2ccc(F)cc2)n(CC(=O)N(CC)C2CCCc3ccccc32)c1=O. The average Bonchev–Trinajstić information content (AvgIpc) is 2.93. The number of anilines is 1. The lowest BCUT2D eigenvalue weighted by Crippen LogP contribution is -2.42. The summed E-state index contributed by atoms with van der Waals surface area (Å²) >= 11 is 0. The number of halogens is 1. The van der Waals surface area contributed by atoms with Crippen LogP contribution in [0.25, 0.3) is 11.3 Å². The fourth-order valence-corrected chi connectivity index (χ4v) is 5.29. The summed E-state index contributed by atoms with van der Waals surface area (Å²) in [5.41, 5.74) is 3.08. The molecule has 38 heavy (non-hydrogen) atoms. The lowest BCUT2D eigenvalue weighted by Gasteiger charge is -2.35. The second-order valence-corrected chi connectivity index (χ2v) is 9.56. The highest BCUT2D eigenvalue weighted by atomic mass is 19.1. The molecule has 0 saturated heterocycles. The van der Waals surface area contributed by atoms with E-state index in [-0.39, 0.29) is 30.1 Å². The summed E-state index contributed by atoms with van der Waals surface area (Å²) in [4.78, 5) is 42.0. The third-order valence-corrected chi connectivity index (χ3v) is 7.31. The molecule has 8 heteroatoms. The van der Waals surface area contributed by atoms with Gasteiger partial charge in [0, 0.05) is 6.54 Å². The Kier molecular flexibility index (Phi) is 8.73. The molecule has 0 radical (unpaired) electrons.